The van der Waals surface area contributed by atoms with Gasteiger partial charge in [-0.2, -0.15) is 0 Å². The summed E-state index contributed by atoms with van der Waals surface area (Å²) in [5.74, 6) is 1.69. The number of carbonyl (C=O) groups excluding carboxylic acids is 2. The van der Waals surface area contributed by atoms with E-state index in [9.17, 15) is 9.59 Å². The van der Waals surface area contributed by atoms with Crippen LogP contribution < -0.4 is 0 Å². The topological polar surface area (TPSA) is 34.1 Å². The molecule has 0 aromatic rings. The van der Waals surface area contributed by atoms with Crippen molar-refractivity contribution in [3.8, 4) is 0 Å². The molecular weight excluding hydrogens is 224 g/mol. The average molecular weight is 252 g/mol. The second-order valence-electron chi connectivity index (χ2n) is 7.09. The van der Waals surface area contributed by atoms with Crippen LogP contribution in [-0.2, 0) is 9.59 Å². The summed E-state index contributed by atoms with van der Waals surface area (Å²) in [5, 5.41) is 0. The van der Waals surface area contributed by atoms with Gasteiger partial charge in [0, 0.05) is 18.8 Å². The third kappa shape index (κ3) is 4.22. The fourth-order valence-electron chi connectivity index (χ4n) is 3.24. The Hall–Kier alpha value is -0.660. The lowest BCUT2D eigenvalue weighted by molar-refractivity contribution is -0.130. The van der Waals surface area contributed by atoms with Crippen LogP contribution in [0.4, 0.5) is 0 Å². The summed E-state index contributed by atoms with van der Waals surface area (Å²) < 4.78 is 0. The number of hydrogen-bond donors (Lipinski definition) is 0. The first-order valence-electron chi connectivity index (χ1n) is 7.25. The lowest BCUT2D eigenvalue weighted by atomic mass is 9.62. The quantitative estimate of drug-likeness (QED) is 0.740. The number of carbonyl (C=O) groups is 2. The van der Waals surface area contributed by atoms with E-state index in [1.165, 1.54) is 6.42 Å². The van der Waals surface area contributed by atoms with Gasteiger partial charge in [0.05, 0.1) is 0 Å². The molecule has 0 aliphatic heterocycles. The minimum Gasteiger partial charge on any atom is -0.300 e. The number of ketones is 2. The van der Waals surface area contributed by atoms with Crippen LogP contribution in [0.25, 0.3) is 0 Å². The molecule has 0 N–H and O–H groups in total. The molecule has 1 aliphatic rings. The SMILES string of the molecule is CC(=O)CCC(=O)C1CC(C)(C)CCC1C(C)C. The van der Waals surface area contributed by atoms with Crippen LogP contribution in [0.2, 0.25) is 0 Å². The van der Waals surface area contributed by atoms with Gasteiger partial charge in [-0.15, -0.1) is 0 Å². The minimum absolute atomic E-state index is 0.125. The van der Waals surface area contributed by atoms with E-state index in [1.54, 1.807) is 6.92 Å². The summed E-state index contributed by atoms with van der Waals surface area (Å²) in [6.45, 7) is 10.5. The molecule has 0 aromatic heterocycles. The Kier molecular flexibility index (Phi) is 5.12. The van der Waals surface area contributed by atoms with Crippen molar-refractivity contribution in [1.82, 2.24) is 0 Å². The van der Waals surface area contributed by atoms with Gasteiger partial charge in [-0.05, 0) is 43.4 Å². The first kappa shape index (κ1) is 15.4. The molecule has 1 fully saturated rings. The molecule has 0 aromatic carbocycles. The molecule has 18 heavy (non-hydrogen) atoms. The van der Waals surface area contributed by atoms with Crippen LogP contribution in [-0.4, -0.2) is 11.6 Å². The minimum atomic E-state index is 0.125. The van der Waals surface area contributed by atoms with Gasteiger partial charge in [0.1, 0.15) is 11.6 Å². The molecule has 1 saturated carbocycles. The van der Waals surface area contributed by atoms with Gasteiger partial charge >= 0.3 is 0 Å². The van der Waals surface area contributed by atoms with Crippen molar-refractivity contribution >= 4 is 11.6 Å². The van der Waals surface area contributed by atoms with Crippen LogP contribution in [0.5, 0.6) is 0 Å². The van der Waals surface area contributed by atoms with Gasteiger partial charge in [0.15, 0.2) is 0 Å². The molecule has 1 aliphatic carbocycles. The van der Waals surface area contributed by atoms with E-state index in [4.69, 9.17) is 0 Å². The van der Waals surface area contributed by atoms with Crippen molar-refractivity contribution in [3.63, 3.8) is 0 Å². The molecule has 2 atom stereocenters. The molecular formula is C16H28O2. The second-order valence-corrected chi connectivity index (χ2v) is 7.09. The van der Waals surface area contributed by atoms with Gasteiger partial charge in [-0.25, -0.2) is 0 Å². The zero-order chi connectivity index (χ0) is 13.9. The zero-order valence-corrected chi connectivity index (χ0v) is 12.6. The first-order valence-corrected chi connectivity index (χ1v) is 7.25. The first-order chi connectivity index (χ1) is 8.23. The van der Waals surface area contributed by atoms with Crippen LogP contribution in [0.3, 0.4) is 0 Å². The van der Waals surface area contributed by atoms with Crippen LogP contribution in [0, 0.1) is 23.2 Å². The third-order valence-corrected chi connectivity index (χ3v) is 4.44. The van der Waals surface area contributed by atoms with Gasteiger partial charge in [-0.3, -0.25) is 4.79 Å². The van der Waals surface area contributed by atoms with E-state index >= 15 is 0 Å². The molecule has 2 unspecified atom stereocenters. The van der Waals surface area contributed by atoms with E-state index in [0.29, 0.717) is 30.5 Å². The molecule has 0 heterocycles. The van der Waals surface area contributed by atoms with Gasteiger partial charge < -0.3 is 4.79 Å². The van der Waals surface area contributed by atoms with Crippen molar-refractivity contribution in [2.24, 2.45) is 23.2 Å². The smallest absolute Gasteiger partial charge is 0.136 e. The monoisotopic (exact) mass is 252 g/mol. The fraction of sp³-hybridized carbons (Fsp3) is 0.875. The third-order valence-electron chi connectivity index (χ3n) is 4.44. The maximum absolute atomic E-state index is 12.4. The standard InChI is InChI=1S/C16H28O2/c1-11(2)13-8-9-16(4,5)10-14(13)15(18)7-6-12(3)17/h11,13-14H,6-10H2,1-5H3. The Balaban J connectivity index is 2.72. The number of rotatable bonds is 5. The largest absolute Gasteiger partial charge is 0.300 e. The van der Waals surface area contributed by atoms with Gasteiger partial charge in [0.2, 0.25) is 0 Å². The van der Waals surface area contributed by atoms with Crippen LogP contribution >= 0.6 is 0 Å². The van der Waals surface area contributed by atoms with Crippen molar-refractivity contribution in [2.75, 3.05) is 0 Å². The lowest BCUT2D eigenvalue weighted by Gasteiger charge is -2.42. The van der Waals surface area contributed by atoms with E-state index < -0.39 is 0 Å². The molecule has 0 saturated heterocycles. The van der Waals surface area contributed by atoms with Crippen molar-refractivity contribution in [1.29, 1.82) is 0 Å². The van der Waals surface area contributed by atoms with Gasteiger partial charge in [-0.1, -0.05) is 27.7 Å². The summed E-state index contributed by atoms with van der Waals surface area (Å²) in [6.07, 6.45) is 4.22. The molecule has 0 radical (unpaired) electrons. The molecule has 0 amide bonds. The highest BCUT2D eigenvalue weighted by molar-refractivity contribution is 5.86. The Bertz CT molecular complexity index is 315. The fourth-order valence-corrected chi connectivity index (χ4v) is 3.24. The highest BCUT2D eigenvalue weighted by Gasteiger charge is 2.39. The van der Waals surface area contributed by atoms with Gasteiger partial charge in [0.25, 0.3) is 0 Å². The highest BCUT2D eigenvalue weighted by atomic mass is 16.1. The zero-order valence-electron chi connectivity index (χ0n) is 12.6. The molecule has 0 bridgehead atoms. The predicted molar refractivity (Wildman–Crippen MR) is 74.4 cm³/mol. The molecule has 0 spiro atoms. The molecule has 104 valence electrons. The lowest BCUT2D eigenvalue weighted by Crippen LogP contribution is -2.37. The second kappa shape index (κ2) is 5.99. The Morgan fingerprint density at radius 3 is 2.33 bits per heavy atom. The predicted octanol–water partition coefficient (Wildman–Crippen LogP) is 4.02. The summed E-state index contributed by atoms with van der Waals surface area (Å²) in [5.41, 5.74) is 0.280. The summed E-state index contributed by atoms with van der Waals surface area (Å²) >= 11 is 0. The number of Topliss-reactive ketones (excluding diaryl/α,β-unsaturated/α-hetero) is 2. The molecule has 2 nitrogen and oxygen atoms in total. The van der Waals surface area contributed by atoms with E-state index in [0.717, 1.165) is 12.8 Å². The van der Waals surface area contributed by atoms with Crippen molar-refractivity contribution in [2.45, 2.75) is 66.7 Å². The summed E-state index contributed by atoms with van der Waals surface area (Å²) in [7, 11) is 0. The average Bonchev–Trinajstić information content (AvgIpc) is 2.23. The van der Waals surface area contributed by atoms with Crippen molar-refractivity contribution < 1.29 is 9.59 Å². The van der Waals surface area contributed by atoms with E-state index in [1.807, 2.05) is 0 Å². The van der Waals surface area contributed by atoms with E-state index in [-0.39, 0.29) is 17.1 Å². The Labute approximate surface area is 112 Å². The highest BCUT2D eigenvalue weighted by Crippen LogP contribution is 2.45. The maximum Gasteiger partial charge on any atom is 0.136 e. The molecule has 2 heteroatoms. The van der Waals surface area contributed by atoms with Crippen molar-refractivity contribution in [3.05, 3.63) is 0 Å². The maximum atomic E-state index is 12.4. The van der Waals surface area contributed by atoms with Crippen LogP contribution in [0.15, 0.2) is 0 Å². The van der Waals surface area contributed by atoms with E-state index in [2.05, 4.69) is 27.7 Å². The summed E-state index contributed by atoms with van der Waals surface area (Å²) in [4.78, 5) is 23.4. The molecule has 1 rings (SSSR count). The Morgan fingerprint density at radius 2 is 1.83 bits per heavy atom. The van der Waals surface area contributed by atoms with Crippen LogP contribution in [0.1, 0.15) is 66.7 Å². The Morgan fingerprint density at radius 1 is 1.22 bits per heavy atom. The number of hydrogen-bond acceptors (Lipinski definition) is 2. The normalized spacial score (nSPS) is 27.2. The summed E-state index contributed by atoms with van der Waals surface area (Å²) in [6, 6.07) is 0.